The molecule has 0 bridgehead atoms. The number of sulfonamides is 1. The fraction of sp³-hybridized carbons (Fsp3) is 0.588. The molecule has 25 heavy (non-hydrogen) atoms. The van der Waals surface area contributed by atoms with E-state index in [1.807, 2.05) is 32.0 Å². The maximum atomic E-state index is 12.7. The number of hydrogen-bond acceptors (Lipinski definition) is 5. The molecule has 0 spiro atoms. The molecule has 1 aromatic carbocycles. The van der Waals surface area contributed by atoms with Gasteiger partial charge in [-0.15, -0.1) is 0 Å². The van der Waals surface area contributed by atoms with Crippen LogP contribution in [-0.2, 0) is 14.8 Å². The second-order valence-electron chi connectivity index (χ2n) is 6.74. The molecule has 2 aliphatic rings. The third-order valence-electron chi connectivity index (χ3n) is 4.65. The highest BCUT2D eigenvalue weighted by Crippen LogP contribution is 2.23. The zero-order valence-corrected chi connectivity index (χ0v) is 16.3. The van der Waals surface area contributed by atoms with Gasteiger partial charge in [-0.25, -0.2) is 8.42 Å². The number of amides is 1. The van der Waals surface area contributed by atoms with Gasteiger partial charge in [-0.1, -0.05) is 6.07 Å². The molecule has 3 rings (SSSR count). The first-order valence-electron chi connectivity index (χ1n) is 8.55. The number of rotatable bonds is 4. The first-order valence-corrected chi connectivity index (χ1v) is 11.2. The van der Waals surface area contributed by atoms with Crippen LogP contribution in [0, 0.1) is 13.8 Å². The van der Waals surface area contributed by atoms with Gasteiger partial charge in [0.2, 0.25) is 15.9 Å². The summed E-state index contributed by atoms with van der Waals surface area (Å²) < 4.78 is 27.1. The molecule has 0 radical (unpaired) electrons. The van der Waals surface area contributed by atoms with Crippen LogP contribution in [0.3, 0.4) is 0 Å². The van der Waals surface area contributed by atoms with Crippen LogP contribution >= 0.6 is 11.8 Å². The lowest BCUT2D eigenvalue weighted by atomic mass is 10.1. The van der Waals surface area contributed by atoms with Crippen LogP contribution in [-0.4, -0.2) is 61.1 Å². The van der Waals surface area contributed by atoms with Crippen molar-refractivity contribution in [2.75, 3.05) is 36.5 Å². The fourth-order valence-corrected chi connectivity index (χ4v) is 6.41. The van der Waals surface area contributed by atoms with Crippen molar-refractivity contribution >= 4 is 33.4 Å². The summed E-state index contributed by atoms with van der Waals surface area (Å²) in [4.78, 5) is 12.5. The average molecular weight is 384 g/mol. The van der Waals surface area contributed by atoms with Gasteiger partial charge in [-0.05, 0) is 43.5 Å². The lowest BCUT2D eigenvalue weighted by molar-refractivity contribution is -0.117. The summed E-state index contributed by atoms with van der Waals surface area (Å²) in [5.74, 6) is 1.52. The summed E-state index contributed by atoms with van der Waals surface area (Å²) in [5, 5.41) is 5.46. The van der Waals surface area contributed by atoms with Crippen molar-refractivity contribution in [2.45, 2.75) is 31.6 Å². The third kappa shape index (κ3) is 4.36. The lowest BCUT2D eigenvalue weighted by Gasteiger charge is -2.28. The average Bonchev–Trinajstić information content (AvgIpc) is 3.05. The summed E-state index contributed by atoms with van der Waals surface area (Å²) in [6.45, 7) is 5.44. The molecule has 2 fully saturated rings. The molecule has 0 saturated carbocycles. The second kappa shape index (κ2) is 7.65. The van der Waals surface area contributed by atoms with Crippen LogP contribution in [0.15, 0.2) is 18.2 Å². The topological polar surface area (TPSA) is 78.5 Å². The van der Waals surface area contributed by atoms with Crippen molar-refractivity contribution in [1.82, 2.24) is 9.62 Å². The molecular weight excluding hydrogens is 358 g/mol. The number of hydrogen-bond donors (Lipinski definition) is 2. The number of nitrogens with zero attached hydrogens (tertiary/aromatic N) is 1. The summed E-state index contributed by atoms with van der Waals surface area (Å²) in [7, 11) is -3.34. The number of nitrogens with one attached hydrogen (secondary N) is 2. The quantitative estimate of drug-likeness (QED) is 0.821. The number of aryl methyl sites for hydroxylation is 2. The van der Waals surface area contributed by atoms with E-state index in [9.17, 15) is 13.2 Å². The van der Waals surface area contributed by atoms with Gasteiger partial charge >= 0.3 is 0 Å². The number of benzene rings is 1. The van der Waals surface area contributed by atoms with Crippen molar-refractivity contribution in [2.24, 2.45) is 0 Å². The number of anilines is 1. The van der Waals surface area contributed by atoms with Crippen molar-refractivity contribution < 1.29 is 13.2 Å². The first kappa shape index (κ1) is 18.7. The van der Waals surface area contributed by atoms with E-state index < -0.39 is 21.3 Å². The molecule has 2 aliphatic heterocycles. The Kier molecular flexibility index (Phi) is 5.72. The van der Waals surface area contributed by atoms with E-state index in [1.54, 1.807) is 16.1 Å². The Morgan fingerprint density at radius 1 is 1.20 bits per heavy atom. The number of thioether (sulfide) groups is 1. The van der Waals surface area contributed by atoms with E-state index in [-0.39, 0.29) is 5.91 Å². The maximum Gasteiger partial charge on any atom is 0.241 e. The number of carbonyl (C=O) groups is 1. The molecule has 6 nitrogen and oxygen atoms in total. The molecule has 0 aromatic heterocycles. The van der Waals surface area contributed by atoms with E-state index in [2.05, 4.69) is 10.6 Å². The Morgan fingerprint density at radius 3 is 2.48 bits per heavy atom. The van der Waals surface area contributed by atoms with Gasteiger partial charge in [-0.3, -0.25) is 4.79 Å². The van der Waals surface area contributed by atoms with Crippen LogP contribution < -0.4 is 10.6 Å². The van der Waals surface area contributed by atoms with Crippen LogP contribution in [0.5, 0.6) is 0 Å². The minimum absolute atomic E-state index is 0.170. The smallest absolute Gasteiger partial charge is 0.241 e. The predicted octanol–water partition coefficient (Wildman–Crippen LogP) is 1.35. The van der Waals surface area contributed by atoms with Crippen LogP contribution in [0.1, 0.15) is 17.5 Å². The van der Waals surface area contributed by atoms with Crippen molar-refractivity contribution in [3.8, 4) is 0 Å². The molecule has 2 unspecified atom stereocenters. The molecule has 2 saturated heterocycles. The molecule has 1 aromatic rings. The zero-order valence-electron chi connectivity index (χ0n) is 14.6. The van der Waals surface area contributed by atoms with E-state index in [0.717, 1.165) is 28.3 Å². The van der Waals surface area contributed by atoms with Gasteiger partial charge in [0.1, 0.15) is 0 Å². The van der Waals surface area contributed by atoms with E-state index in [4.69, 9.17) is 0 Å². The molecule has 2 heterocycles. The maximum absolute atomic E-state index is 12.7. The van der Waals surface area contributed by atoms with Gasteiger partial charge in [0.15, 0.2) is 0 Å². The minimum Gasteiger partial charge on any atom is -0.325 e. The Hall–Kier alpha value is -1.09. The largest absolute Gasteiger partial charge is 0.325 e. The SMILES string of the molecule is Cc1cc(C)cc(NC(=O)C2CC(S(=O)(=O)N3CCSCC3)CN2)c1. The molecular formula is C17H25N3O3S2. The Labute approximate surface area is 153 Å². The molecule has 0 aliphatic carbocycles. The molecule has 138 valence electrons. The van der Waals surface area contributed by atoms with Gasteiger partial charge in [0, 0.05) is 36.8 Å². The third-order valence-corrected chi connectivity index (χ3v) is 7.88. The standard InChI is InChI=1S/C17H25N3O3S2/c1-12-7-13(2)9-14(8-12)19-17(21)16-10-15(11-18-16)25(22,23)20-3-5-24-6-4-20/h7-9,15-16,18H,3-6,10-11H2,1-2H3,(H,19,21). The highest BCUT2D eigenvalue weighted by Gasteiger charge is 2.40. The minimum atomic E-state index is -3.34. The van der Waals surface area contributed by atoms with E-state index in [0.29, 0.717) is 26.1 Å². The van der Waals surface area contributed by atoms with Gasteiger partial charge < -0.3 is 10.6 Å². The Bertz CT molecular complexity index is 725. The molecule has 1 amide bonds. The molecule has 2 N–H and O–H groups in total. The zero-order chi connectivity index (χ0) is 18.0. The van der Waals surface area contributed by atoms with E-state index >= 15 is 0 Å². The normalized spacial score (nSPS) is 25.0. The molecule has 2 atom stereocenters. The first-order chi connectivity index (χ1) is 11.9. The van der Waals surface area contributed by atoms with Crippen LogP contribution in [0.25, 0.3) is 0 Å². The van der Waals surface area contributed by atoms with Crippen molar-refractivity contribution in [3.63, 3.8) is 0 Å². The highest BCUT2D eigenvalue weighted by molar-refractivity contribution is 7.99. The highest BCUT2D eigenvalue weighted by atomic mass is 32.2. The van der Waals surface area contributed by atoms with E-state index in [1.165, 1.54) is 0 Å². The van der Waals surface area contributed by atoms with Crippen LogP contribution in [0.2, 0.25) is 0 Å². The van der Waals surface area contributed by atoms with Crippen LogP contribution in [0.4, 0.5) is 5.69 Å². The predicted molar refractivity (Wildman–Crippen MR) is 103 cm³/mol. The van der Waals surface area contributed by atoms with Crippen molar-refractivity contribution in [3.05, 3.63) is 29.3 Å². The monoisotopic (exact) mass is 383 g/mol. The summed E-state index contributed by atoms with van der Waals surface area (Å²) >= 11 is 1.78. The second-order valence-corrected chi connectivity index (χ2v) is 10.2. The van der Waals surface area contributed by atoms with Gasteiger partial charge in [-0.2, -0.15) is 16.1 Å². The summed E-state index contributed by atoms with van der Waals surface area (Å²) in [5.41, 5.74) is 2.92. The lowest BCUT2D eigenvalue weighted by Crippen LogP contribution is -2.44. The number of carbonyl (C=O) groups excluding carboxylic acids is 1. The Morgan fingerprint density at radius 2 is 1.84 bits per heavy atom. The van der Waals surface area contributed by atoms with Gasteiger partial charge in [0.05, 0.1) is 11.3 Å². The summed E-state index contributed by atoms with van der Waals surface area (Å²) in [6.07, 6.45) is 0.322. The summed E-state index contributed by atoms with van der Waals surface area (Å²) in [6, 6.07) is 5.40. The molecule has 8 heteroatoms. The van der Waals surface area contributed by atoms with Gasteiger partial charge in [0.25, 0.3) is 0 Å². The van der Waals surface area contributed by atoms with Crippen molar-refractivity contribution in [1.29, 1.82) is 0 Å². The Balaban J connectivity index is 1.62. The fourth-order valence-electron chi connectivity index (χ4n) is 3.42.